The van der Waals surface area contributed by atoms with E-state index >= 15 is 0 Å². The lowest BCUT2D eigenvalue weighted by Gasteiger charge is -1.82. The van der Waals surface area contributed by atoms with Crippen LogP contribution in [-0.4, -0.2) is 70.1 Å². The Morgan fingerprint density at radius 2 is 0.500 bits per heavy atom. The second-order valence-electron chi connectivity index (χ2n) is 3.23. The van der Waals surface area contributed by atoms with Gasteiger partial charge in [0.2, 0.25) is 0 Å². The van der Waals surface area contributed by atoms with Crippen molar-refractivity contribution in [1.82, 2.24) is 0 Å². The Bertz CT molecular complexity index is 516. The standard InChI is InChI=1S/5C3H4O2.H3O4P/c5*1-2-3(4)5;1-5(2,3)4/h5*2H,1H2,(H,4,5);(H3,1,2,3,4). The highest BCUT2D eigenvalue weighted by Gasteiger charge is 2.00. The van der Waals surface area contributed by atoms with Gasteiger partial charge in [0.1, 0.15) is 0 Å². The number of carboxylic acid groups (broad SMARTS) is 5. The number of aliphatic carboxylic acids is 5. The van der Waals surface area contributed by atoms with E-state index in [9.17, 15) is 24.0 Å². The van der Waals surface area contributed by atoms with Gasteiger partial charge < -0.3 is 40.2 Å². The molecule has 172 valence electrons. The Morgan fingerprint density at radius 3 is 0.500 bits per heavy atom. The molecule has 0 aromatic heterocycles. The van der Waals surface area contributed by atoms with Crippen LogP contribution in [-0.2, 0) is 28.5 Å². The zero-order valence-corrected chi connectivity index (χ0v) is 16.3. The minimum absolute atomic E-state index is 0.833. The fraction of sp³-hybridized carbons (Fsp3) is 0. The predicted molar refractivity (Wildman–Crippen MR) is 103 cm³/mol. The van der Waals surface area contributed by atoms with Crippen molar-refractivity contribution in [1.29, 1.82) is 0 Å². The molecule has 30 heavy (non-hydrogen) atoms. The summed E-state index contributed by atoms with van der Waals surface area (Å²) < 4.78 is 8.88. The first-order valence-corrected chi connectivity index (χ1v) is 7.97. The number of rotatable bonds is 5. The summed E-state index contributed by atoms with van der Waals surface area (Å²) in [4.78, 5) is 67.8. The molecule has 0 amide bonds. The van der Waals surface area contributed by atoms with E-state index in [1.807, 2.05) is 0 Å². The number of carbonyl (C=O) groups is 5. The van der Waals surface area contributed by atoms with Gasteiger partial charge in [0.25, 0.3) is 0 Å². The van der Waals surface area contributed by atoms with Crippen LogP contribution in [0.3, 0.4) is 0 Å². The first kappa shape index (κ1) is 40.7. The molecule has 0 rings (SSSR count). The van der Waals surface area contributed by atoms with Gasteiger partial charge in [-0.25, -0.2) is 28.5 Å². The van der Waals surface area contributed by atoms with Crippen LogP contribution in [0.5, 0.6) is 0 Å². The molecule has 0 aliphatic carbocycles. The molecule has 0 heterocycles. The van der Waals surface area contributed by atoms with Gasteiger partial charge in [0.05, 0.1) is 0 Å². The molecule has 0 bridgehead atoms. The SMILES string of the molecule is C=CC(=O)O.C=CC(=O)O.C=CC(=O)O.C=CC(=O)O.C=CC(=O)O.O=P(O)(O)O. The van der Waals surface area contributed by atoms with Gasteiger partial charge in [-0.3, -0.25) is 0 Å². The lowest BCUT2D eigenvalue weighted by Crippen LogP contribution is -1.82. The zero-order chi connectivity index (χ0) is 25.9. The van der Waals surface area contributed by atoms with Crippen molar-refractivity contribution in [2.75, 3.05) is 0 Å². The highest BCUT2D eigenvalue weighted by atomic mass is 31.2. The minimum Gasteiger partial charge on any atom is -0.478 e. The predicted octanol–water partition coefficient (Wildman–Crippen LogP) is 0.356. The Kier molecular flexibility index (Phi) is 40.6. The fourth-order valence-corrected chi connectivity index (χ4v) is 0. The second kappa shape index (κ2) is 29.9. The van der Waals surface area contributed by atoms with E-state index < -0.39 is 37.7 Å². The van der Waals surface area contributed by atoms with Gasteiger partial charge >= 0.3 is 37.7 Å². The summed E-state index contributed by atoms with van der Waals surface area (Å²) >= 11 is 0. The molecule has 0 spiro atoms. The van der Waals surface area contributed by atoms with E-state index in [1.165, 1.54) is 0 Å². The molecule has 0 aromatic carbocycles. The molecule has 8 N–H and O–H groups in total. The third kappa shape index (κ3) is 342. The van der Waals surface area contributed by atoms with Crippen LogP contribution in [0.15, 0.2) is 63.3 Å². The molecule has 0 saturated heterocycles. The van der Waals surface area contributed by atoms with E-state index in [2.05, 4.69) is 32.9 Å². The summed E-state index contributed by atoms with van der Waals surface area (Å²) in [6.45, 7) is 14.8. The molecule has 0 saturated carbocycles. The second-order valence-corrected chi connectivity index (χ2v) is 4.25. The van der Waals surface area contributed by atoms with Crippen molar-refractivity contribution in [3.63, 3.8) is 0 Å². The van der Waals surface area contributed by atoms with Gasteiger partial charge in [0, 0.05) is 30.4 Å². The van der Waals surface area contributed by atoms with Crippen LogP contribution >= 0.6 is 7.82 Å². The van der Waals surface area contributed by atoms with Crippen molar-refractivity contribution in [3.05, 3.63) is 63.3 Å². The number of phosphoric acid groups is 1. The molecule has 14 nitrogen and oxygen atoms in total. The Labute approximate surface area is 170 Å². The number of carboxylic acids is 5. The van der Waals surface area contributed by atoms with E-state index in [0.29, 0.717) is 0 Å². The van der Waals surface area contributed by atoms with Crippen LogP contribution in [0.1, 0.15) is 0 Å². The number of hydrogen-bond acceptors (Lipinski definition) is 6. The summed E-state index contributed by atoms with van der Waals surface area (Å²) in [7, 11) is -4.64. The molecule has 0 fully saturated rings. The molecular weight excluding hydrogens is 435 g/mol. The Hall–Kier alpha value is -3.84. The van der Waals surface area contributed by atoms with Crippen LogP contribution in [0, 0.1) is 0 Å². The third-order valence-corrected chi connectivity index (χ3v) is 0.873. The Morgan fingerprint density at radius 1 is 0.467 bits per heavy atom. The Balaban J connectivity index is -0.0000000576. The van der Waals surface area contributed by atoms with Gasteiger partial charge in [-0.2, -0.15) is 0 Å². The summed E-state index contributed by atoms with van der Waals surface area (Å²) in [5.74, 6) is -4.91. The maximum atomic E-state index is 9.25. The van der Waals surface area contributed by atoms with Crippen LogP contribution in [0.2, 0.25) is 0 Å². The quantitative estimate of drug-likeness (QED) is 0.204. The molecule has 0 aromatic rings. The highest BCUT2D eigenvalue weighted by molar-refractivity contribution is 7.45. The minimum atomic E-state index is -4.64. The smallest absolute Gasteiger partial charge is 0.466 e. The van der Waals surface area contributed by atoms with Crippen LogP contribution < -0.4 is 0 Å². The lowest BCUT2D eigenvalue weighted by atomic mass is 10.7. The van der Waals surface area contributed by atoms with E-state index in [-0.39, 0.29) is 0 Å². The van der Waals surface area contributed by atoms with Crippen molar-refractivity contribution in [3.8, 4) is 0 Å². The van der Waals surface area contributed by atoms with E-state index in [1.54, 1.807) is 0 Å². The van der Waals surface area contributed by atoms with Crippen molar-refractivity contribution >= 4 is 37.7 Å². The molecule has 0 unspecified atom stereocenters. The van der Waals surface area contributed by atoms with Gasteiger partial charge in [-0.05, 0) is 0 Å². The average molecular weight is 458 g/mol. The topological polar surface area (TPSA) is 264 Å². The van der Waals surface area contributed by atoms with E-state index in [4.69, 9.17) is 44.8 Å². The fourth-order valence-electron chi connectivity index (χ4n) is 0. The maximum absolute atomic E-state index is 9.25. The van der Waals surface area contributed by atoms with Gasteiger partial charge in [-0.15, -0.1) is 0 Å². The third-order valence-electron chi connectivity index (χ3n) is 0.873. The molecule has 0 radical (unpaired) electrons. The lowest BCUT2D eigenvalue weighted by molar-refractivity contribution is -0.132. The van der Waals surface area contributed by atoms with Crippen LogP contribution in [0.25, 0.3) is 0 Å². The molecule has 0 aliphatic rings. The maximum Gasteiger partial charge on any atom is 0.466 e. The van der Waals surface area contributed by atoms with Crippen molar-refractivity contribution in [2.45, 2.75) is 0 Å². The number of hydrogen-bond donors (Lipinski definition) is 8. The van der Waals surface area contributed by atoms with Crippen molar-refractivity contribution in [2.24, 2.45) is 0 Å². The molecule has 15 heteroatoms. The molecular formula is C15H23O14P. The first-order valence-electron chi connectivity index (χ1n) is 6.41. The first-order chi connectivity index (χ1) is 13.4. The summed E-state index contributed by atoms with van der Waals surface area (Å²) in [5.41, 5.74) is 0. The van der Waals surface area contributed by atoms with Gasteiger partial charge in [0.15, 0.2) is 0 Å². The highest BCUT2D eigenvalue weighted by Crippen LogP contribution is 2.25. The zero-order valence-electron chi connectivity index (χ0n) is 15.4. The molecule has 0 aliphatic heterocycles. The summed E-state index contributed by atoms with van der Waals surface area (Å²) in [6, 6.07) is 0. The summed E-state index contributed by atoms with van der Waals surface area (Å²) in [5, 5.41) is 38.0. The monoisotopic (exact) mass is 458 g/mol. The molecule has 0 atom stereocenters. The van der Waals surface area contributed by atoms with Crippen LogP contribution in [0.4, 0.5) is 0 Å². The van der Waals surface area contributed by atoms with E-state index in [0.717, 1.165) is 30.4 Å². The van der Waals surface area contributed by atoms with Gasteiger partial charge in [-0.1, -0.05) is 32.9 Å². The van der Waals surface area contributed by atoms with Crippen molar-refractivity contribution < 1.29 is 68.8 Å². The average Bonchev–Trinajstić information content (AvgIpc) is 2.61. The largest absolute Gasteiger partial charge is 0.478 e. The summed E-state index contributed by atoms with van der Waals surface area (Å²) in [6.07, 6.45) is 4.17. The normalized spacial score (nSPS) is 7.30.